The van der Waals surface area contributed by atoms with Gasteiger partial charge in [0.2, 0.25) is 12.7 Å². The number of anilines is 2. The first kappa shape index (κ1) is 25.3. The predicted molar refractivity (Wildman–Crippen MR) is 146 cm³/mol. The number of hydrogen-bond acceptors (Lipinski definition) is 7. The van der Waals surface area contributed by atoms with Crippen LogP contribution in [-0.4, -0.2) is 48.4 Å². The van der Waals surface area contributed by atoms with Gasteiger partial charge in [-0.2, -0.15) is 0 Å². The highest BCUT2D eigenvalue weighted by Gasteiger charge is 2.44. The third-order valence-corrected chi connectivity index (χ3v) is 6.68. The molecule has 3 aromatic carbocycles. The molecule has 3 aromatic rings. The molecule has 196 valence electrons. The van der Waals surface area contributed by atoms with Crippen LogP contribution in [0.15, 0.2) is 66.7 Å². The van der Waals surface area contributed by atoms with E-state index in [0.29, 0.717) is 52.6 Å². The molecular formula is C28H27N3O6S. The van der Waals surface area contributed by atoms with Gasteiger partial charge in [0, 0.05) is 12.2 Å². The van der Waals surface area contributed by atoms with Crippen LogP contribution in [0.1, 0.15) is 18.9 Å². The zero-order valence-corrected chi connectivity index (χ0v) is 21.8. The summed E-state index contributed by atoms with van der Waals surface area (Å²) in [6.07, 6.45) is -0.0800. The van der Waals surface area contributed by atoms with Gasteiger partial charge in [-0.3, -0.25) is 14.5 Å². The highest BCUT2D eigenvalue weighted by molar-refractivity contribution is 7.80. The molecule has 2 amide bonds. The normalized spacial score (nSPS) is 16.1. The lowest BCUT2D eigenvalue weighted by molar-refractivity contribution is -0.124. The molecule has 0 aliphatic carbocycles. The molecule has 0 bridgehead atoms. The summed E-state index contributed by atoms with van der Waals surface area (Å²) in [4.78, 5) is 30.0. The third kappa shape index (κ3) is 5.21. The van der Waals surface area contributed by atoms with Gasteiger partial charge in [-0.15, -0.1) is 0 Å². The maximum atomic E-state index is 13.7. The van der Waals surface area contributed by atoms with Crippen LogP contribution >= 0.6 is 12.2 Å². The summed E-state index contributed by atoms with van der Waals surface area (Å²) < 4.78 is 21.6. The van der Waals surface area contributed by atoms with Crippen molar-refractivity contribution in [3.8, 4) is 23.0 Å². The second kappa shape index (κ2) is 11.0. The fraction of sp³-hybridized carbons (Fsp3) is 0.250. The topological polar surface area (TPSA) is 89.6 Å². The Balaban J connectivity index is 1.38. The molecule has 38 heavy (non-hydrogen) atoms. The molecule has 5 rings (SSSR count). The summed E-state index contributed by atoms with van der Waals surface area (Å²) in [6.45, 7) is 2.94. The minimum Gasteiger partial charge on any atom is -0.497 e. The number of thiocarbonyl (C=S) groups is 1. The molecule has 1 atom stereocenters. The molecule has 0 radical (unpaired) electrons. The van der Waals surface area contributed by atoms with Gasteiger partial charge in [-0.1, -0.05) is 6.07 Å². The van der Waals surface area contributed by atoms with E-state index in [1.54, 1.807) is 60.5 Å². The minimum atomic E-state index is -0.794. The average molecular weight is 534 g/mol. The van der Waals surface area contributed by atoms with Crippen LogP contribution in [0.5, 0.6) is 23.0 Å². The second-order valence-corrected chi connectivity index (χ2v) is 9.06. The van der Waals surface area contributed by atoms with Gasteiger partial charge in [-0.25, -0.2) is 0 Å². The zero-order valence-electron chi connectivity index (χ0n) is 21.0. The van der Waals surface area contributed by atoms with Gasteiger partial charge in [-0.05, 0) is 85.4 Å². The number of carbonyl (C=O) groups excluding carboxylic acids is 2. The molecule has 1 fully saturated rings. The van der Waals surface area contributed by atoms with Crippen LogP contribution in [0, 0.1) is 0 Å². The maximum Gasteiger partial charge on any atom is 0.256 e. The highest BCUT2D eigenvalue weighted by Crippen LogP contribution is 2.35. The van der Waals surface area contributed by atoms with E-state index in [1.165, 1.54) is 4.90 Å². The van der Waals surface area contributed by atoms with Crippen LogP contribution in [0.3, 0.4) is 0 Å². The van der Waals surface area contributed by atoms with E-state index in [9.17, 15) is 9.59 Å². The maximum absolute atomic E-state index is 13.7. The fourth-order valence-corrected chi connectivity index (χ4v) is 4.79. The molecule has 0 aromatic heterocycles. The summed E-state index contributed by atoms with van der Waals surface area (Å²) in [5.41, 5.74) is 2.09. The molecule has 2 aliphatic heterocycles. The van der Waals surface area contributed by atoms with Crippen molar-refractivity contribution >= 4 is 40.5 Å². The molecule has 1 saturated heterocycles. The van der Waals surface area contributed by atoms with Crippen molar-refractivity contribution in [2.45, 2.75) is 25.9 Å². The lowest BCUT2D eigenvalue weighted by atomic mass is 10.1. The Morgan fingerprint density at radius 2 is 1.74 bits per heavy atom. The standard InChI is InChI=1S/C28H27N3O6S/c1-3-35-22-9-5-19(6-10-22)29-26(32)15-23-27(33)31(20-7-11-21(34-2)12-8-20)28(38)30(23)16-18-4-13-24-25(14-18)37-17-36-24/h4-14,23H,3,15-17H2,1-2H3,(H,29,32). The van der Waals surface area contributed by atoms with E-state index in [-0.39, 0.29) is 25.0 Å². The van der Waals surface area contributed by atoms with Gasteiger partial charge < -0.3 is 29.2 Å². The quantitative estimate of drug-likeness (QED) is 0.406. The smallest absolute Gasteiger partial charge is 0.256 e. The molecular weight excluding hydrogens is 506 g/mol. The van der Waals surface area contributed by atoms with Crippen molar-refractivity contribution in [1.82, 2.24) is 4.90 Å². The highest BCUT2D eigenvalue weighted by atomic mass is 32.1. The number of fused-ring (bicyclic) bond motifs is 1. The number of amides is 2. The number of ether oxygens (including phenoxy) is 4. The number of carbonyl (C=O) groups is 2. The van der Waals surface area contributed by atoms with Crippen molar-refractivity contribution in [1.29, 1.82) is 0 Å². The molecule has 0 spiro atoms. The van der Waals surface area contributed by atoms with Crippen molar-refractivity contribution in [2.24, 2.45) is 0 Å². The molecule has 2 heterocycles. The van der Waals surface area contributed by atoms with E-state index in [1.807, 2.05) is 25.1 Å². The lowest BCUT2D eigenvalue weighted by Crippen LogP contribution is -2.37. The van der Waals surface area contributed by atoms with Crippen molar-refractivity contribution in [3.05, 3.63) is 72.3 Å². The second-order valence-electron chi connectivity index (χ2n) is 8.70. The summed E-state index contributed by atoms with van der Waals surface area (Å²) in [7, 11) is 1.58. The Labute approximate surface area is 225 Å². The summed E-state index contributed by atoms with van der Waals surface area (Å²) >= 11 is 5.78. The minimum absolute atomic E-state index is 0.0800. The summed E-state index contributed by atoms with van der Waals surface area (Å²) in [5.74, 6) is 2.10. The van der Waals surface area contributed by atoms with Crippen molar-refractivity contribution in [3.63, 3.8) is 0 Å². The average Bonchev–Trinajstić information content (AvgIpc) is 3.48. The number of nitrogens with one attached hydrogen (secondary N) is 1. The molecule has 10 heteroatoms. The van der Waals surface area contributed by atoms with E-state index in [4.69, 9.17) is 31.2 Å². The molecule has 0 saturated carbocycles. The number of benzene rings is 3. The van der Waals surface area contributed by atoms with Crippen molar-refractivity contribution < 1.29 is 28.5 Å². The molecule has 2 aliphatic rings. The van der Waals surface area contributed by atoms with E-state index >= 15 is 0 Å². The van der Waals surface area contributed by atoms with Crippen LogP contribution in [0.25, 0.3) is 0 Å². The number of rotatable bonds is 9. The van der Waals surface area contributed by atoms with E-state index < -0.39 is 6.04 Å². The first-order valence-corrected chi connectivity index (χ1v) is 12.6. The summed E-state index contributed by atoms with van der Waals surface area (Å²) in [6, 6.07) is 18.9. The number of hydrogen-bond donors (Lipinski definition) is 1. The SMILES string of the molecule is CCOc1ccc(NC(=O)CC2C(=O)N(c3ccc(OC)cc3)C(=S)N2Cc2ccc3c(c2)OCO3)cc1. The molecule has 1 N–H and O–H groups in total. The number of methoxy groups -OCH3 is 1. The zero-order chi connectivity index (χ0) is 26.6. The largest absolute Gasteiger partial charge is 0.497 e. The van der Waals surface area contributed by atoms with E-state index in [2.05, 4.69) is 5.32 Å². The Kier molecular flexibility index (Phi) is 7.32. The molecule has 9 nitrogen and oxygen atoms in total. The predicted octanol–water partition coefficient (Wildman–Crippen LogP) is 4.35. The van der Waals surface area contributed by atoms with E-state index in [0.717, 1.165) is 5.56 Å². The van der Waals surface area contributed by atoms with Gasteiger partial charge in [0.15, 0.2) is 16.6 Å². The monoisotopic (exact) mass is 533 g/mol. The first-order chi connectivity index (χ1) is 18.5. The van der Waals surface area contributed by atoms with Gasteiger partial charge in [0.05, 0.1) is 25.8 Å². The third-order valence-electron chi connectivity index (χ3n) is 6.27. The van der Waals surface area contributed by atoms with Crippen LogP contribution < -0.4 is 29.2 Å². The Morgan fingerprint density at radius 1 is 1.03 bits per heavy atom. The van der Waals surface area contributed by atoms with Gasteiger partial charge in [0.25, 0.3) is 5.91 Å². The Hall–Kier alpha value is -4.31. The van der Waals surface area contributed by atoms with Crippen LogP contribution in [-0.2, 0) is 16.1 Å². The number of nitrogens with zero attached hydrogens (tertiary/aromatic N) is 2. The Morgan fingerprint density at radius 3 is 2.45 bits per heavy atom. The molecule has 1 unspecified atom stereocenters. The first-order valence-electron chi connectivity index (χ1n) is 12.2. The van der Waals surface area contributed by atoms with Gasteiger partial charge in [0.1, 0.15) is 17.5 Å². The van der Waals surface area contributed by atoms with Gasteiger partial charge >= 0.3 is 0 Å². The van der Waals surface area contributed by atoms with Crippen molar-refractivity contribution in [2.75, 3.05) is 30.7 Å². The van der Waals surface area contributed by atoms with Crippen LogP contribution in [0.4, 0.5) is 11.4 Å². The fourth-order valence-electron chi connectivity index (χ4n) is 4.41. The van der Waals surface area contributed by atoms with Crippen LogP contribution in [0.2, 0.25) is 0 Å². The summed E-state index contributed by atoms with van der Waals surface area (Å²) in [5, 5.41) is 3.19. The Bertz CT molecular complexity index is 1350. The lowest BCUT2D eigenvalue weighted by Gasteiger charge is -2.24.